The number of aromatic nitrogens is 1. The lowest BCUT2D eigenvalue weighted by Crippen LogP contribution is -2.54. The van der Waals surface area contributed by atoms with Crippen molar-refractivity contribution in [2.45, 2.75) is 44.2 Å². The molecule has 2 aliphatic rings. The molecule has 2 fully saturated rings. The summed E-state index contributed by atoms with van der Waals surface area (Å²) in [4.78, 5) is 20.1. The molecule has 4 atom stereocenters. The lowest BCUT2D eigenvalue weighted by Gasteiger charge is -2.45. The van der Waals surface area contributed by atoms with E-state index in [0.717, 1.165) is 36.9 Å². The summed E-state index contributed by atoms with van der Waals surface area (Å²) in [7, 11) is -1.23. The van der Waals surface area contributed by atoms with Crippen molar-refractivity contribution in [3.8, 4) is 0 Å². The molecule has 0 N–H and O–H groups in total. The maximum absolute atomic E-state index is 13.8. The number of rotatable bonds is 9. The van der Waals surface area contributed by atoms with Gasteiger partial charge in [-0.25, -0.2) is 4.21 Å². The quantitative estimate of drug-likeness (QED) is 0.474. The zero-order chi connectivity index (χ0) is 22.7. The van der Waals surface area contributed by atoms with Crippen molar-refractivity contribution < 1.29 is 9.00 Å². The first kappa shape index (κ1) is 23.0. The van der Waals surface area contributed by atoms with Gasteiger partial charge in [-0.05, 0) is 67.9 Å². The molecule has 2 heterocycles. The average molecular weight is 472 g/mol. The number of amides is 1. The molecule has 1 saturated carbocycles. The number of benzene rings is 1. The van der Waals surface area contributed by atoms with Crippen LogP contribution in [0, 0.1) is 11.8 Å². The number of carbonyl (C=O) groups is 1. The van der Waals surface area contributed by atoms with E-state index in [1.807, 2.05) is 46.8 Å². The van der Waals surface area contributed by atoms with E-state index < -0.39 is 11.0 Å². The number of hydrogen-bond acceptors (Lipinski definition) is 3. The standard InChI is InChI=1S/C25H30ClN3O2S/c1-3-5-20-11-14-23(18-9-12-21(26)13-10-18)29(25(20)30)24(19-7-8-19)17-28(32(2)31)22-6-4-15-27-16-22/h3-4,6,9-10,12-13,15-16,19-20,23-24H,1,5,7-8,11,14,17H2,2H3/t20-,23-,24?,32?/m0/s1. The van der Waals surface area contributed by atoms with Gasteiger partial charge in [-0.2, -0.15) is 0 Å². The molecule has 1 saturated heterocycles. The van der Waals surface area contributed by atoms with Gasteiger partial charge in [-0.3, -0.25) is 14.1 Å². The zero-order valence-electron chi connectivity index (χ0n) is 18.4. The molecule has 0 bridgehead atoms. The van der Waals surface area contributed by atoms with Crippen LogP contribution in [0.15, 0.2) is 61.4 Å². The second-order valence-corrected chi connectivity index (χ2v) is 10.4. The van der Waals surface area contributed by atoms with E-state index in [1.165, 1.54) is 0 Å². The van der Waals surface area contributed by atoms with Gasteiger partial charge in [0.05, 0.1) is 30.5 Å². The van der Waals surface area contributed by atoms with Crippen molar-refractivity contribution in [2.75, 3.05) is 17.1 Å². The van der Waals surface area contributed by atoms with Crippen molar-refractivity contribution in [3.05, 3.63) is 72.0 Å². The third-order valence-electron chi connectivity index (χ3n) is 6.55. The molecule has 32 heavy (non-hydrogen) atoms. The second kappa shape index (κ2) is 10.2. The number of pyridine rings is 1. The first-order valence-electron chi connectivity index (χ1n) is 11.2. The monoisotopic (exact) mass is 471 g/mol. The van der Waals surface area contributed by atoms with Gasteiger partial charge in [0.1, 0.15) is 11.0 Å². The smallest absolute Gasteiger partial charge is 0.226 e. The summed E-state index contributed by atoms with van der Waals surface area (Å²) >= 11 is 6.14. The van der Waals surface area contributed by atoms with E-state index in [1.54, 1.807) is 18.6 Å². The lowest BCUT2D eigenvalue weighted by molar-refractivity contribution is -0.145. The molecule has 4 rings (SSSR count). The van der Waals surface area contributed by atoms with Crippen LogP contribution in [0.2, 0.25) is 5.02 Å². The SMILES string of the molecule is C=CC[C@H]1CC[C@@H](c2ccc(Cl)cc2)N(C(CN(c2cccnc2)S(C)=O)C2CC2)C1=O. The Morgan fingerprint density at radius 1 is 1.25 bits per heavy atom. The van der Waals surface area contributed by atoms with Gasteiger partial charge >= 0.3 is 0 Å². The average Bonchev–Trinajstić information content (AvgIpc) is 3.63. The molecule has 1 aliphatic carbocycles. The summed E-state index contributed by atoms with van der Waals surface area (Å²) in [6.45, 7) is 4.39. The number of nitrogens with zero attached hydrogens (tertiary/aromatic N) is 3. The van der Waals surface area contributed by atoms with Gasteiger partial charge in [0.15, 0.2) is 0 Å². The molecule has 2 aromatic rings. The predicted octanol–water partition coefficient (Wildman–Crippen LogP) is 5.17. The number of anilines is 1. The van der Waals surface area contributed by atoms with Crippen molar-refractivity contribution in [1.82, 2.24) is 9.88 Å². The van der Waals surface area contributed by atoms with Gasteiger partial charge in [0.25, 0.3) is 0 Å². The number of piperidine rings is 1. The molecular weight excluding hydrogens is 442 g/mol. The van der Waals surface area contributed by atoms with Crippen LogP contribution in [0.4, 0.5) is 5.69 Å². The maximum Gasteiger partial charge on any atom is 0.226 e. The van der Waals surface area contributed by atoms with Crippen LogP contribution < -0.4 is 4.31 Å². The van der Waals surface area contributed by atoms with E-state index >= 15 is 0 Å². The maximum atomic E-state index is 13.8. The highest BCUT2D eigenvalue weighted by molar-refractivity contribution is 7.85. The molecule has 0 radical (unpaired) electrons. The van der Waals surface area contributed by atoms with E-state index in [9.17, 15) is 9.00 Å². The lowest BCUT2D eigenvalue weighted by atomic mass is 9.84. The second-order valence-electron chi connectivity index (χ2n) is 8.71. The molecule has 170 valence electrons. The fraction of sp³-hybridized carbons (Fsp3) is 0.440. The number of likely N-dealkylation sites (tertiary alicyclic amines) is 1. The first-order chi connectivity index (χ1) is 15.5. The van der Waals surface area contributed by atoms with Gasteiger partial charge in [0, 0.05) is 23.4 Å². The molecule has 5 nitrogen and oxygen atoms in total. The third kappa shape index (κ3) is 5.07. The van der Waals surface area contributed by atoms with Crippen LogP contribution in [-0.4, -0.2) is 38.8 Å². The molecule has 2 unspecified atom stereocenters. The first-order valence-corrected chi connectivity index (χ1v) is 13.1. The van der Waals surface area contributed by atoms with Crippen molar-refractivity contribution >= 4 is 34.2 Å². The molecule has 1 aromatic carbocycles. The minimum absolute atomic E-state index is 0.00697. The fourth-order valence-electron chi connectivity index (χ4n) is 4.79. The van der Waals surface area contributed by atoms with Gasteiger partial charge < -0.3 is 4.90 Å². The van der Waals surface area contributed by atoms with E-state index in [0.29, 0.717) is 23.9 Å². The summed E-state index contributed by atoms with van der Waals surface area (Å²) in [6, 6.07) is 11.6. The largest absolute Gasteiger partial charge is 0.330 e. The predicted molar refractivity (Wildman–Crippen MR) is 131 cm³/mol. The van der Waals surface area contributed by atoms with Gasteiger partial charge in [-0.1, -0.05) is 29.8 Å². The number of halogens is 1. The molecule has 1 aliphatic heterocycles. The van der Waals surface area contributed by atoms with Crippen LogP contribution in [0.25, 0.3) is 0 Å². The highest BCUT2D eigenvalue weighted by Gasteiger charge is 2.45. The van der Waals surface area contributed by atoms with Gasteiger partial charge in [0.2, 0.25) is 5.91 Å². The van der Waals surface area contributed by atoms with E-state index in [4.69, 9.17) is 11.6 Å². The van der Waals surface area contributed by atoms with Crippen molar-refractivity contribution in [2.24, 2.45) is 11.8 Å². The minimum Gasteiger partial charge on any atom is -0.330 e. The number of hydrogen-bond donors (Lipinski definition) is 0. The highest BCUT2D eigenvalue weighted by Crippen LogP contribution is 2.44. The van der Waals surface area contributed by atoms with Crippen LogP contribution in [0.1, 0.15) is 43.7 Å². The summed E-state index contributed by atoms with van der Waals surface area (Å²) in [5, 5.41) is 0.690. The van der Waals surface area contributed by atoms with Crippen LogP contribution in [0.3, 0.4) is 0 Å². The number of allylic oxidation sites excluding steroid dienone is 1. The van der Waals surface area contributed by atoms with Crippen LogP contribution in [-0.2, 0) is 15.8 Å². The van der Waals surface area contributed by atoms with Gasteiger partial charge in [-0.15, -0.1) is 6.58 Å². The Morgan fingerprint density at radius 3 is 2.59 bits per heavy atom. The van der Waals surface area contributed by atoms with Crippen LogP contribution in [0.5, 0.6) is 0 Å². The van der Waals surface area contributed by atoms with Crippen LogP contribution >= 0.6 is 11.6 Å². The van der Waals surface area contributed by atoms with E-state index in [-0.39, 0.29) is 23.9 Å². The fourth-order valence-corrected chi connectivity index (χ4v) is 5.68. The normalized spacial score (nSPS) is 22.9. The molecule has 1 amide bonds. The Balaban J connectivity index is 1.70. The Bertz CT molecular complexity index is 965. The Kier molecular flexibility index (Phi) is 7.31. The summed E-state index contributed by atoms with van der Waals surface area (Å²) < 4.78 is 14.6. The summed E-state index contributed by atoms with van der Waals surface area (Å²) in [6.07, 6.45) is 11.6. The molecule has 7 heteroatoms. The zero-order valence-corrected chi connectivity index (χ0v) is 20.0. The van der Waals surface area contributed by atoms with Crippen molar-refractivity contribution in [1.29, 1.82) is 0 Å². The third-order valence-corrected chi connectivity index (χ3v) is 7.79. The number of carbonyl (C=O) groups excluding carboxylic acids is 1. The summed E-state index contributed by atoms with van der Waals surface area (Å²) in [5.41, 5.74) is 1.92. The highest BCUT2D eigenvalue weighted by atomic mass is 35.5. The molecule has 0 spiro atoms. The molecular formula is C25H30ClN3O2S. The topological polar surface area (TPSA) is 53.5 Å². The van der Waals surface area contributed by atoms with E-state index in [2.05, 4.69) is 16.5 Å². The summed E-state index contributed by atoms with van der Waals surface area (Å²) in [5.74, 6) is 0.552. The Hall–Kier alpha value is -2.18. The Morgan fingerprint density at radius 2 is 2.00 bits per heavy atom. The Labute approximate surface area is 198 Å². The minimum atomic E-state index is -1.23. The molecule has 1 aromatic heterocycles. The van der Waals surface area contributed by atoms with Crippen molar-refractivity contribution in [3.63, 3.8) is 0 Å².